The van der Waals surface area contributed by atoms with Crippen molar-refractivity contribution in [3.63, 3.8) is 0 Å². The third-order valence-electron chi connectivity index (χ3n) is 4.29. The summed E-state index contributed by atoms with van der Waals surface area (Å²) in [5.41, 5.74) is 0.389. The van der Waals surface area contributed by atoms with Crippen molar-refractivity contribution in [3.8, 4) is 11.5 Å². The van der Waals surface area contributed by atoms with Gasteiger partial charge in [-0.05, 0) is 54.6 Å². The number of hydrogen-bond acceptors (Lipinski definition) is 8. The average Bonchev–Trinajstić information content (AvgIpc) is 3.23. The maximum absolute atomic E-state index is 12.5. The number of aromatic hydroxyl groups is 1. The second-order valence-electron chi connectivity index (χ2n) is 6.50. The highest BCUT2D eigenvalue weighted by Gasteiger charge is 2.25. The fourth-order valence-electron chi connectivity index (χ4n) is 2.78. The molecule has 2 heterocycles. The Labute approximate surface area is 177 Å². The number of benzene rings is 2. The number of ether oxygens (including phenoxy) is 1. The molecule has 0 spiro atoms. The van der Waals surface area contributed by atoms with Gasteiger partial charge in [0.25, 0.3) is 15.9 Å². The lowest BCUT2D eigenvalue weighted by Crippen LogP contribution is -2.30. The molecule has 10 nitrogen and oxygen atoms in total. The molecule has 0 saturated carbocycles. The maximum atomic E-state index is 12.5. The van der Waals surface area contributed by atoms with E-state index in [-0.39, 0.29) is 29.0 Å². The fraction of sp³-hybridized carbons (Fsp3) is 0.100. The lowest BCUT2D eigenvalue weighted by atomic mass is 10.2. The summed E-state index contributed by atoms with van der Waals surface area (Å²) in [7, 11) is -3.84. The number of nitrogens with one attached hydrogen (secondary N) is 1. The molecular weight excluding hydrogens is 422 g/mol. The Bertz CT molecular complexity index is 1200. The summed E-state index contributed by atoms with van der Waals surface area (Å²) in [6.07, 6.45) is 3.87. The zero-order chi connectivity index (χ0) is 21.8. The van der Waals surface area contributed by atoms with Crippen molar-refractivity contribution in [3.05, 3.63) is 72.6 Å². The van der Waals surface area contributed by atoms with Crippen molar-refractivity contribution in [2.45, 2.75) is 11.0 Å². The van der Waals surface area contributed by atoms with Crippen LogP contribution in [0.1, 0.15) is 10.4 Å². The van der Waals surface area contributed by atoms with Crippen LogP contribution in [0.5, 0.6) is 11.5 Å². The van der Waals surface area contributed by atoms with Crippen LogP contribution in [0.15, 0.2) is 77.0 Å². The Balaban J connectivity index is 1.37. The predicted octanol–water partition coefficient (Wildman–Crippen LogP) is 1.87. The molecule has 11 heteroatoms. The van der Waals surface area contributed by atoms with Crippen LogP contribution in [0.3, 0.4) is 0 Å². The number of rotatable bonds is 6. The molecule has 158 valence electrons. The minimum atomic E-state index is -3.84. The molecule has 1 aromatic heterocycles. The summed E-state index contributed by atoms with van der Waals surface area (Å²) < 4.78 is 32.9. The van der Waals surface area contributed by atoms with E-state index in [2.05, 4.69) is 19.8 Å². The number of carbonyl (C=O) groups excluding carboxylic acids is 1. The minimum absolute atomic E-state index is 0.0246. The summed E-state index contributed by atoms with van der Waals surface area (Å²) in [4.78, 5) is 20.2. The number of sulfonamides is 1. The molecule has 0 bridgehead atoms. The summed E-state index contributed by atoms with van der Waals surface area (Å²) in [6.45, 7) is 0.201. The quantitative estimate of drug-likeness (QED) is 0.599. The Hall–Kier alpha value is -3.99. The van der Waals surface area contributed by atoms with E-state index in [4.69, 9.17) is 4.74 Å². The van der Waals surface area contributed by atoms with Crippen molar-refractivity contribution in [1.82, 2.24) is 15.0 Å². The molecule has 2 aromatic carbocycles. The molecule has 31 heavy (non-hydrogen) atoms. The van der Waals surface area contributed by atoms with Gasteiger partial charge in [0.15, 0.2) is 6.10 Å². The zero-order valence-electron chi connectivity index (χ0n) is 16.0. The first-order valence-corrected chi connectivity index (χ1v) is 10.6. The average molecular weight is 439 g/mol. The molecule has 0 radical (unpaired) electrons. The van der Waals surface area contributed by atoms with E-state index in [1.807, 2.05) is 0 Å². The molecule has 1 aliphatic rings. The van der Waals surface area contributed by atoms with Gasteiger partial charge in [-0.25, -0.2) is 28.1 Å². The van der Waals surface area contributed by atoms with E-state index in [9.17, 15) is 18.3 Å². The molecule has 0 saturated heterocycles. The van der Waals surface area contributed by atoms with Crippen LogP contribution in [0.2, 0.25) is 0 Å². The van der Waals surface area contributed by atoms with Crippen LogP contribution in [0, 0.1) is 0 Å². The van der Waals surface area contributed by atoms with E-state index < -0.39 is 16.1 Å². The topological polar surface area (TPSA) is 134 Å². The Kier molecular flexibility index (Phi) is 5.50. The molecule has 0 aliphatic carbocycles. The van der Waals surface area contributed by atoms with Crippen LogP contribution in [-0.2, 0) is 10.0 Å². The van der Waals surface area contributed by atoms with Crippen LogP contribution in [0.4, 0.5) is 5.95 Å². The van der Waals surface area contributed by atoms with Gasteiger partial charge in [-0.1, -0.05) is 0 Å². The predicted molar refractivity (Wildman–Crippen MR) is 111 cm³/mol. The van der Waals surface area contributed by atoms with Gasteiger partial charge in [-0.3, -0.25) is 4.79 Å². The van der Waals surface area contributed by atoms with Crippen LogP contribution < -0.4 is 9.46 Å². The smallest absolute Gasteiger partial charge is 0.274 e. The number of hydrogen-bond donors (Lipinski definition) is 2. The second kappa shape index (κ2) is 8.40. The summed E-state index contributed by atoms with van der Waals surface area (Å²) in [5, 5.41) is 14.7. The maximum Gasteiger partial charge on any atom is 0.274 e. The monoisotopic (exact) mass is 439 g/mol. The standard InChI is InChI=1S/C20H17N5O5S/c26-15-4-2-14(3-5-15)19(27)25-13-17(12-23-25)30-16-6-8-18(9-7-16)31(28,29)24-20-21-10-1-11-22-20/h1-12,17,26H,13H2,(H,21,22,24). The Morgan fingerprint density at radius 3 is 2.42 bits per heavy atom. The molecule has 1 atom stereocenters. The lowest BCUT2D eigenvalue weighted by Gasteiger charge is -2.15. The van der Waals surface area contributed by atoms with Gasteiger partial charge in [0.05, 0.1) is 17.7 Å². The van der Waals surface area contributed by atoms with E-state index >= 15 is 0 Å². The highest BCUT2D eigenvalue weighted by molar-refractivity contribution is 7.92. The molecule has 3 aromatic rings. The van der Waals surface area contributed by atoms with Crippen molar-refractivity contribution < 1.29 is 23.1 Å². The van der Waals surface area contributed by atoms with Crippen molar-refractivity contribution in [2.75, 3.05) is 11.3 Å². The number of nitrogens with zero attached hydrogens (tertiary/aromatic N) is 4. The SMILES string of the molecule is O=C(c1ccc(O)cc1)N1CC(Oc2ccc(S(=O)(=O)Nc3ncccn3)cc2)C=N1. The highest BCUT2D eigenvalue weighted by Crippen LogP contribution is 2.20. The summed E-state index contributed by atoms with van der Waals surface area (Å²) in [5.74, 6) is 0.145. The number of carbonyl (C=O) groups is 1. The number of phenolic OH excluding ortho intramolecular Hbond substituents is 1. The zero-order valence-corrected chi connectivity index (χ0v) is 16.8. The minimum Gasteiger partial charge on any atom is -0.508 e. The summed E-state index contributed by atoms with van der Waals surface area (Å²) in [6, 6.07) is 13.3. The largest absolute Gasteiger partial charge is 0.508 e. The van der Waals surface area contributed by atoms with Crippen LogP contribution in [-0.4, -0.2) is 53.3 Å². The Morgan fingerprint density at radius 2 is 1.74 bits per heavy atom. The lowest BCUT2D eigenvalue weighted by molar-refractivity contribution is 0.0746. The van der Waals surface area contributed by atoms with Crippen LogP contribution >= 0.6 is 0 Å². The van der Waals surface area contributed by atoms with E-state index in [0.717, 1.165) is 0 Å². The third-order valence-corrected chi connectivity index (χ3v) is 5.63. The number of hydrazone groups is 1. The molecule has 4 rings (SSSR count). The van der Waals surface area contributed by atoms with Gasteiger partial charge in [-0.15, -0.1) is 0 Å². The number of anilines is 1. The first-order chi connectivity index (χ1) is 14.9. The van der Waals surface area contributed by atoms with Gasteiger partial charge >= 0.3 is 0 Å². The second-order valence-corrected chi connectivity index (χ2v) is 8.19. The highest BCUT2D eigenvalue weighted by atomic mass is 32.2. The molecular formula is C20H17N5O5S. The molecule has 1 unspecified atom stereocenters. The third kappa shape index (κ3) is 4.78. The van der Waals surface area contributed by atoms with Gasteiger partial charge in [0.1, 0.15) is 11.5 Å². The van der Waals surface area contributed by atoms with E-state index in [0.29, 0.717) is 11.3 Å². The summed E-state index contributed by atoms with van der Waals surface area (Å²) >= 11 is 0. The van der Waals surface area contributed by atoms with Gasteiger partial charge in [-0.2, -0.15) is 5.10 Å². The van der Waals surface area contributed by atoms with Gasteiger partial charge in [0.2, 0.25) is 5.95 Å². The van der Waals surface area contributed by atoms with Crippen molar-refractivity contribution in [1.29, 1.82) is 0 Å². The number of amides is 1. The number of aromatic nitrogens is 2. The fourth-order valence-corrected chi connectivity index (χ4v) is 3.74. The van der Waals surface area contributed by atoms with E-state index in [1.54, 1.807) is 6.07 Å². The van der Waals surface area contributed by atoms with Gasteiger partial charge < -0.3 is 9.84 Å². The van der Waals surface area contributed by atoms with E-state index in [1.165, 1.54) is 72.1 Å². The van der Waals surface area contributed by atoms with Crippen molar-refractivity contribution in [2.24, 2.45) is 5.10 Å². The first-order valence-electron chi connectivity index (χ1n) is 9.12. The number of phenols is 1. The molecule has 2 N–H and O–H groups in total. The first kappa shape index (κ1) is 20.3. The normalized spacial score (nSPS) is 15.6. The molecule has 1 amide bonds. The van der Waals surface area contributed by atoms with Crippen LogP contribution in [0.25, 0.3) is 0 Å². The van der Waals surface area contributed by atoms with Crippen molar-refractivity contribution >= 4 is 28.1 Å². The molecule has 0 fully saturated rings. The Morgan fingerprint density at radius 1 is 1.06 bits per heavy atom. The molecule has 1 aliphatic heterocycles. The van der Waals surface area contributed by atoms with Gasteiger partial charge in [0, 0.05) is 18.0 Å².